The van der Waals surface area contributed by atoms with Crippen LogP contribution in [0.4, 0.5) is 4.39 Å². The van der Waals surface area contributed by atoms with Gasteiger partial charge in [-0.15, -0.1) is 0 Å². The first-order valence-electron chi connectivity index (χ1n) is 4.80. The van der Waals surface area contributed by atoms with E-state index in [1.807, 2.05) is 20.8 Å². The topological polar surface area (TPSA) is 37.8 Å². The van der Waals surface area contributed by atoms with Gasteiger partial charge in [-0.25, -0.2) is 4.39 Å². The quantitative estimate of drug-likeness (QED) is 0.708. The first-order valence-corrected chi connectivity index (χ1v) is 4.80. The molecule has 0 unspecified atom stereocenters. The van der Waals surface area contributed by atoms with E-state index in [1.165, 1.54) is 18.2 Å². The fraction of sp³-hybridized carbons (Fsp3) is 0.364. The molecule has 15 heavy (non-hydrogen) atoms. The van der Waals surface area contributed by atoms with Crippen LogP contribution in [0.2, 0.25) is 0 Å². The van der Waals surface area contributed by atoms with Crippen LogP contribution >= 0.6 is 0 Å². The van der Waals surface area contributed by atoms with Crippen LogP contribution in [0.1, 0.15) is 20.8 Å². The summed E-state index contributed by atoms with van der Waals surface area (Å²) < 4.78 is 14.8. The number of aromatic nitrogens is 2. The monoisotopic (exact) mass is 208 g/mol. The summed E-state index contributed by atoms with van der Waals surface area (Å²) in [7, 11) is 0. The molecule has 2 rings (SSSR count). The van der Waals surface area contributed by atoms with Gasteiger partial charge in [0.05, 0.1) is 16.4 Å². The molecule has 1 aromatic heterocycles. The molecule has 80 valence electrons. The molecule has 0 saturated carbocycles. The summed E-state index contributed by atoms with van der Waals surface area (Å²) in [5.74, 6) is -0.334. The molecule has 0 amide bonds. The largest absolute Gasteiger partial charge is 0.279 e. The Kier molecular flexibility index (Phi) is 1.96. The summed E-state index contributed by atoms with van der Waals surface area (Å²) in [5, 5.41) is 3.23. The van der Waals surface area contributed by atoms with Gasteiger partial charge in [-0.3, -0.25) is 14.6 Å². The van der Waals surface area contributed by atoms with E-state index in [0.29, 0.717) is 10.9 Å². The van der Waals surface area contributed by atoms with Crippen LogP contribution in [-0.2, 0) is 5.54 Å². The minimum absolute atomic E-state index is 0.181. The first kappa shape index (κ1) is 9.96. The zero-order chi connectivity index (χ0) is 11.2. The number of rotatable bonds is 0. The van der Waals surface area contributed by atoms with E-state index in [0.717, 1.165) is 0 Å². The molecule has 0 atom stereocenters. The van der Waals surface area contributed by atoms with Gasteiger partial charge in [0.1, 0.15) is 5.82 Å². The van der Waals surface area contributed by atoms with Crippen molar-refractivity contribution in [1.82, 2.24) is 9.78 Å². The maximum atomic E-state index is 13.1. The lowest BCUT2D eigenvalue weighted by molar-refractivity contribution is 0.366. The maximum Gasteiger partial charge on any atom is 0.271 e. The fourth-order valence-corrected chi connectivity index (χ4v) is 1.63. The summed E-state index contributed by atoms with van der Waals surface area (Å²) >= 11 is 0. The second kappa shape index (κ2) is 2.95. The first-order chi connectivity index (χ1) is 6.89. The molecule has 2 aromatic rings. The average Bonchev–Trinajstić information content (AvgIpc) is 2.42. The molecular formula is C11H13FN2O. The molecule has 0 radical (unpaired) electrons. The molecule has 0 fully saturated rings. The minimum Gasteiger partial charge on any atom is -0.279 e. The van der Waals surface area contributed by atoms with Crippen molar-refractivity contribution in [3.63, 3.8) is 0 Å². The Morgan fingerprint density at radius 2 is 2.00 bits per heavy atom. The Morgan fingerprint density at radius 3 is 2.60 bits per heavy atom. The van der Waals surface area contributed by atoms with E-state index >= 15 is 0 Å². The van der Waals surface area contributed by atoms with Crippen LogP contribution in [0, 0.1) is 5.82 Å². The molecule has 0 bridgehead atoms. The normalized spacial score (nSPS) is 12.3. The minimum atomic E-state index is -0.334. The average molecular weight is 208 g/mol. The van der Waals surface area contributed by atoms with Crippen molar-refractivity contribution < 1.29 is 4.39 Å². The molecule has 0 aliphatic heterocycles. The van der Waals surface area contributed by atoms with Gasteiger partial charge < -0.3 is 0 Å². The van der Waals surface area contributed by atoms with Crippen molar-refractivity contribution >= 4 is 10.9 Å². The highest BCUT2D eigenvalue weighted by Crippen LogP contribution is 2.19. The van der Waals surface area contributed by atoms with Crippen molar-refractivity contribution in [3.05, 3.63) is 34.4 Å². The highest BCUT2D eigenvalue weighted by Gasteiger charge is 2.18. The third kappa shape index (κ3) is 1.56. The number of halogens is 1. The van der Waals surface area contributed by atoms with Crippen molar-refractivity contribution in [2.75, 3.05) is 0 Å². The Labute approximate surface area is 86.5 Å². The number of aromatic amines is 1. The van der Waals surface area contributed by atoms with Crippen LogP contribution in [0.3, 0.4) is 0 Å². The van der Waals surface area contributed by atoms with Gasteiger partial charge in [-0.1, -0.05) is 0 Å². The number of fused-ring (bicyclic) bond motifs is 1. The zero-order valence-corrected chi connectivity index (χ0v) is 8.97. The fourth-order valence-electron chi connectivity index (χ4n) is 1.63. The summed E-state index contributed by atoms with van der Waals surface area (Å²) in [6.07, 6.45) is 0. The van der Waals surface area contributed by atoms with Crippen LogP contribution < -0.4 is 5.56 Å². The summed E-state index contributed by atoms with van der Waals surface area (Å²) in [6.45, 7) is 5.86. The highest BCUT2D eigenvalue weighted by molar-refractivity contribution is 5.78. The van der Waals surface area contributed by atoms with E-state index < -0.39 is 0 Å². The summed E-state index contributed by atoms with van der Waals surface area (Å²) in [4.78, 5) is 11.6. The van der Waals surface area contributed by atoms with Crippen LogP contribution in [0.5, 0.6) is 0 Å². The van der Waals surface area contributed by atoms with Gasteiger partial charge in [-0.2, -0.15) is 0 Å². The third-order valence-electron chi connectivity index (χ3n) is 2.33. The number of nitrogens with zero attached hydrogens (tertiary/aromatic N) is 1. The van der Waals surface area contributed by atoms with Gasteiger partial charge in [0.25, 0.3) is 5.56 Å². The molecule has 3 nitrogen and oxygen atoms in total. The molecule has 1 N–H and O–H groups in total. The lowest BCUT2D eigenvalue weighted by Crippen LogP contribution is -2.24. The predicted molar refractivity (Wildman–Crippen MR) is 57.5 cm³/mol. The second-order valence-electron chi connectivity index (χ2n) is 4.61. The molecule has 0 aliphatic rings. The maximum absolute atomic E-state index is 13.1. The van der Waals surface area contributed by atoms with Gasteiger partial charge >= 0.3 is 0 Å². The molecule has 4 heteroatoms. The molecule has 0 saturated heterocycles. The number of benzene rings is 1. The van der Waals surface area contributed by atoms with Gasteiger partial charge in [0, 0.05) is 0 Å². The lowest BCUT2D eigenvalue weighted by atomic mass is 10.1. The van der Waals surface area contributed by atoms with E-state index in [-0.39, 0.29) is 16.9 Å². The molecular weight excluding hydrogens is 195 g/mol. The van der Waals surface area contributed by atoms with Crippen molar-refractivity contribution in [3.8, 4) is 0 Å². The van der Waals surface area contributed by atoms with E-state index in [4.69, 9.17) is 0 Å². The predicted octanol–water partition coefficient (Wildman–Crippen LogP) is 2.22. The number of H-pyrrole nitrogens is 1. The molecule has 0 spiro atoms. The second-order valence-corrected chi connectivity index (χ2v) is 4.61. The van der Waals surface area contributed by atoms with Crippen LogP contribution in [0.15, 0.2) is 23.0 Å². The number of hydrogen-bond donors (Lipinski definition) is 1. The summed E-state index contributed by atoms with van der Waals surface area (Å²) in [6, 6.07) is 4.18. The van der Waals surface area contributed by atoms with Gasteiger partial charge in [0.2, 0.25) is 0 Å². The van der Waals surface area contributed by atoms with Crippen molar-refractivity contribution in [2.24, 2.45) is 0 Å². The van der Waals surface area contributed by atoms with E-state index in [2.05, 4.69) is 5.10 Å². The van der Waals surface area contributed by atoms with Crippen LogP contribution in [-0.4, -0.2) is 9.78 Å². The Morgan fingerprint density at radius 1 is 1.33 bits per heavy atom. The Bertz CT molecular complexity index is 560. The van der Waals surface area contributed by atoms with Crippen LogP contribution in [0.25, 0.3) is 10.9 Å². The molecule has 1 heterocycles. The SMILES string of the molecule is CC(C)(C)n1[nH]c(=O)c2ccc(F)cc21. The smallest absolute Gasteiger partial charge is 0.271 e. The third-order valence-corrected chi connectivity index (χ3v) is 2.33. The number of nitrogens with one attached hydrogen (secondary N) is 1. The van der Waals surface area contributed by atoms with Gasteiger partial charge in [0.15, 0.2) is 0 Å². The summed E-state index contributed by atoms with van der Waals surface area (Å²) in [5.41, 5.74) is 0.154. The number of hydrogen-bond acceptors (Lipinski definition) is 1. The zero-order valence-electron chi connectivity index (χ0n) is 8.97. The Hall–Kier alpha value is -1.58. The van der Waals surface area contributed by atoms with Gasteiger partial charge in [-0.05, 0) is 39.0 Å². The van der Waals surface area contributed by atoms with Crippen molar-refractivity contribution in [2.45, 2.75) is 26.3 Å². The standard InChI is InChI=1S/C11H13FN2O/c1-11(2,3)14-9-6-7(12)4-5-8(9)10(15)13-14/h4-6H,1-3H3,(H,13,15). The highest BCUT2D eigenvalue weighted by atomic mass is 19.1. The Balaban J connectivity index is 2.88. The van der Waals surface area contributed by atoms with E-state index in [1.54, 1.807) is 4.68 Å². The molecule has 1 aromatic carbocycles. The van der Waals surface area contributed by atoms with Crippen molar-refractivity contribution in [1.29, 1.82) is 0 Å². The molecule has 0 aliphatic carbocycles. The van der Waals surface area contributed by atoms with E-state index in [9.17, 15) is 9.18 Å². The lowest BCUT2D eigenvalue weighted by Gasteiger charge is -2.21.